The third-order valence-corrected chi connectivity index (χ3v) is 11.3. The van der Waals surface area contributed by atoms with Gasteiger partial charge in [0.2, 0.25) is 0 Å². The van der Waals surface area contributed by atoms with E-state index in [1.165, 1.54) is 28.7 Å². The number of carbonyl (C=O) groups is 1. The fourth-order valence-corrected chi connectivity index (χ4v) is 7.53. The Balaban J connectivity index is 1.41. The van der Waals surface area contributed by atoms with Gasteiger partial charge in [-0.2, -0.15) is 0 Å². The summed E-state index contributed by atoms with van der Waals surface area (Å²) in [6, 6.07) is 2.80. The SMILES string of the molecule is CN(CCNc1nc(-c2cnc3ccc(F)cn23)nc2c1n(COCCS1(C)CC1)c(=O)n2C1CCOCC1)C(=O)OC(C)(C)C. The maximum atomic E-state index is 14.3. The number of fused-ring (bicyclic) bond motifs is 2. The molecule has 46 heavy (non-hydrogen) atoms. The summed E-state index contributed by atoms with van der Waals surface area (Å²) >= 11 is 0. The summed E-state index contributed by atoms with van der Waals surface area (Å²) < 4.78 is 36.4. The molecule has 13 nitrogen and oxygen atoms in total. The van der Waals surface area contributed by atoms with Gasteiger partial charge in [-0.3, -0.25) is 13.5 Å². The van der Waals surface area contributed by atoms with Crippen LogP contribution in [0.15, 0.2) is 29.3 Å². The fraction of sp³-hybridized carbons (Fsp3) is 0.581. The van der Waals surface area contributed by atoms with Crippen molar-refractivity contribution in [3.05, 3.63) is 40.8 Å². The van der Waals surface area contributed by atoms with Crippen molar-refractivity contribution in [3.8, 4) is 11.5 Å². The smallest absolute Gasteiger partial charge is 0.410 e. The summed E-state index contributed by atoms with van der Waals surface area (Å²) in [7, 11) is 1.13. The molecule has 15 heteroatoms. The Hall–Kier alpha value is -3.69. The summed E-state index contributed by atoms with van der Waals surface area (Å²) in [4.78, 5) is 42.5. The minimum Gasteiger partial charge on any atom is -0.444 e. The molecule has 1 amide bonds. The van der Waals surface area contributed by atoms with Crippen molar-refractivity contribution in [2.45, 2.75) is 52.0 Å². The number of likely N-dealkylation sites (N-methyl/N-ethyl adjacent to an activating group) is 1. The lowest BCUT2D eigenvalue weighted by atomic mass is 10.1. The highest BCUT2D eigenvalue weighted by Crippen LogP contribution is 2.57. The molecular formula is C31H43FN8O5S. The minimum absolute atomic E-state index is 0.0527. The first-order chi connectivity index (χ1) is 21.9. The van der Waals surface area contributed by atoms with Gasteiger partial charge in [-0.05, 0) is 63.5 Å². The lowest BCUT2D eigenvalue weighted by Gasteiger charge is -2.24. The summed E-state index contributed by atoms with van der Waals surface area (Å²) in [5, 5.41) is 3.35. The number of carbonyl (C=O) groups excluding carboxylic acids is 1. The van der Waals surface area contributed by atoms with Gasteiger partial charge in [0.1, 0.15) is 35.0 Å². The molecule has 2 fully saturated rings. The molecule has 6 rings (SSSR count). The number of pyridine rings is 1. The summed E-state index contributed by atoms with van der Waals surface area (Å²) in [6.07, 6.45) is 6.13. The van der Waals surface area contributed by atoms with Crippen molar-refractivity contribution in [2.24, 2.45) is 0 Å². The normalized spacial score (nSPS) is 17.3. The van der Waals surface area contributed by atoms with Crippen molar-refractivity contribution in [2.75, 3.05) is 68.8 Å². The quantitative estimate of drug-likeness (QED) is 0.187. The number of amides is 1. The van der Waals surface area contributed by atoms with E-state index in [-0.39, 0.29) is 24.3 Å². The first kappa shape index (κ1) is 32.3. The Morgan fingerprint density at radius 3 is 2.70 bits per heavy atom. The number of ether oxygens (including phenoxy) is 3. The number of hydrogen-bond acceptors (Lipinski definition) is 9. The van der Waals surface area contributed by atoms with Crippen LogP contribution < -0.4 is 11.0 Å². The Morgan fingerprint density at radius 2 is 1.98 bits per heavy atom. The third-order valence-electron chi connectivity index (χ3n) is 8.34. The van der Waals surface area contributed by atoms with Gasteiger partial charge in [0, 0.05) is 51.3 Å². The predicted molar refractivity (Wildman–Crippen MR) is 176 cm³/mol. The van der Waals surface area contributed by atoms with Crippen molar-refractivity contribution in [1.29, 1.82) is 0 Å². The second kappa shape index (κ2) is 12.8. The van der Waals surface area contributed by atoms with Gasteiger partial charge in [-0.15, -0.1) is 0 Å². The standard InChI is InChI=1S/C31H43FN8O5S/c1-31(2,3)45-30(42)37(4)11-10-33-27-25-28(36-26(35-27)23-18-34-24-7-6-21(32)19-38(23)24)40(22-8-12-43-13-9-22)29(41)39(25)20-44-14-15-46(5)16-17-46/h6-7,18-19,22H,8-17,20H2,1-5H3,(H,33,35,36). The van der Waals surface area contributed by atoms with Gasteiger partial charge < -0.3 is 24.4 Å². The molecule has 250 valence electrons. The van der Waals surface area contributed by atoms with E-state index in [2.05, 4.69) is 16.6 Å². The van der Waals surface area contributed by atoms with E-state index in [0.29, 0.717) is 74.1 Å². The molecule has 0 atom stereocenters. The third kappa shape index (κ3) is 7.00. The average molecular weight is 659 g/mol. The van der Waals surface area contributed by atoms with Crippen LogP contribution in [0.25, 0.3) is 28.3 Å². The molecule has 0 saturated carbocycles. The number of nitrogens with zero attached hydrogens (tertiary/aromatic N) is 7. The number of hydrogen-bond donors (Lipinski definition) is 1. The van der Waals surface area contributed by atoms with Crippen LogP contribution >= 0.6 is 10.0 Å². The zero-order valence-corrected chi connectivity index (χ0v) is 27.9. The Kier molecular flexibility index (Phi) is 9.00. The molecular weight excluding hydrogens is 615 g/mol. The van der Waals surface area contributed by atoms with Crippen molar-refractivity contribution < 1.29 is 23.4 Å². The Bertz CT molecular complexity index is 1790. The molecule has 0 spiro atoms. The molecule has 0 bridgehead atoms. The van der Waals surface area contributed by atoms with Gasteiger partial charge in [0.15, 0.2) is 17.3 Å². The Morgan fingerprint density at radius 1 is 1.22 bits per heavy atom. The average Bonchev–Trinajstić information content (AvgIpc) is 3.48. The molecule has 0 radical (unpaired) electrons. The molecule has 0 aliphatic carbocycles. The molecule has 4 aromatic heterocycles. The van der Waals surface area contributed by atoms with Crippen LogP contribution in [0, 0.1) is 5.82 Å². The molecule has 0 unspecified atom stereocenters. The highest BCUT2D eigenvalue weighted by molar-refractivity contribution is 8.38. The fourth-order valence-electron chi connectivity index (χ4n) is 5.46. The number of halogens is 1. The van der Waals surface area contributed by atoms with Gasteiger partial charge in [-0.1, -0.05) is 0 Å². The van der Waals surface area contributed by atoms with Crippen LogP contribution in [-0.4, -0.2) is 109 Å². The van der Waals surface area contributed by atoms with Crippen molar-refractivity contribution in [1.82, 2.24) is 33.4 Å². The highest BCUT2D eigenvalue weighted by atomic mass is 32.3. The van der Waals surface area contributed by atoms with Gasteiger partial charge in [0.05, 0.1) is 12.8 Å². The van der Waals surface area contributed by atoms with Gasteiger partial charge >= 0.3 is 11.8 Å². The molecule has 0 aromatic carbocycles. The number of imidazole rings is 2. The highest BCUT2D eigenvalue weighted by Gasteiger charge is 2.31. The first-order valence-corrected chi connectivity index (χ1v) is 18.2. The molecule has 2 aliphatic heterocycles. The van der Waals surface area contributed by atoms with Gasteiger partial charge in [0.25, 0.3) is 0 Å². The van der Waals surface area contributed by atoms with E-state index in [4.69, 9.17) is 24.2 Å². The molecule has 6 heterocycles. The zero-order valence-electron chi connectivity index (χ0n) is 27.1. The number of rotatable bonds is 11. The van der Waals surface area contributed by atoms with E-state index in [1.807, 2.05) is 20.8 Å². The van der Waals surface area contributed by atoms with Crippen molar-refractivity contribution in [3.63, 3.8) is 0 Å². The molecule has 1 N–H and O–H groups in total. The van der Waals surface area contributed by atoms with E-state index >= 15 is 0 Å². The maximum absolute atomic E-state index is 14.3. The summed E-state index contributed by atoms with van der Waals surface area (Å²) in [5.41, 5.74) is 1.09. The van der Waals surface area contributed by atoms with Crippen LogP contribution in [0.2, 0.25) is 0 Å². The molecule has 2 aliphatic rings. The lowest BCUT2D eigenvalue weighted by Crippen LogP contribution is -2.36. The van der Waals surface area contributed by atoms with Crippen LogP contribution in [0.4, 0.5) is 15.0 Å². The maximum Gasteiger partial charge on any atom is 0.410 e. The zero-order chi connectivity index (χ0) is 32.6. The second-order valence-electron chi connectivity index (χ2n) is 13.2. The molecule has 4 aromatic rings. The van der Waals surface area contributed by atoms with Crippen LogP contribution in [-0.2, 0) is 20.9 Å². The van der Waals surface area contributed by atoms with E-state index in [9.17, 15) is 14.0 Å². The number of nitrogens with one attached hydrogen (secondary N) is 1. The predicted octanol–water partition coefficient (Wildman–Crippen LogP) is 4.10. The van der Waals surface area contributed by atoms with Crippen molar-refractivity contribution >= 4 is 38.8 Å². The topological polar surface area (TPSA) is 130 Å². The second-order valence-corrected chi connectivity index (χ2v) is 17.3. The van der Waals surface area contributed by atoms with E-state index < -0.39 is 27.5 Å². The molecule has 2 saturated heterocycles. The number of aromatic nitrogens is 6. The van der Waals surface area contributed by atoms with Crippen LogP contribution in [0.3, 0.4) is 0 Å². The number of anilines is 1. The lowest BCUT2D eigenvalue weighted by molar-refractivity contribution is 0.0305. The minimum atomic E-state index is -0.623. The van der Waals surface area contributed by atoms with Crippen LogP contribution in [0.1, 0.15) is 39.7 Å². The monoisotopic (exact) mass is 658 g/mol. The van der Waals surface area contributed by atoms with Crippen LogP contribution in [0.5, 0.6) is 0 Å². The van der Waals surface area contributed by atoms with Gasteiger partial charge in [-0.25, -0.2) is 39.0 Å². The van der Waals surface area contributed by atoms with E-state index in [1.54, 1.807) is 32.8 Å². The summed E-state index contributed by atoms with van der Waals surface area (Å²) in [5.74, 6) is 3.80. The van der Waals surface area contributed by atoms with E-state index in [0.717, 1.165) is 5.75 Å². The summed E-state index contributed by atoms with van der Waals surface area (Å²) in [6.45, 7) is 7.76. The first-order valence-electron chi connectivity index (χ1n) is 15.6. The Labute approximate surface area is 268 Å². The largest absolute Gasteiger partial charge is 0.444 e.